The van der Waals surface area contributed by atoms with Crippen molar-refractivity contribution in [3.05, 3.63) is 200 Å². The van der Waals surface area contributed by atoms with Gasteiger partial charge in [-0.25, -0.2) is 0 Å². The standard InChI is InChI=1S/C52H33N2OP/c1-4-13-37(14-5-1)53-48-28-23-35(33-49(48)54(38-15-6-2-7-16-38)56(53)39-17-8-3-9-18-39)34-24-29-50-46(31-34)47-32-36(25-30-51(47)55-50)40-26-27-45-42-20-11-10-19-41(42)44-22-12-21-43(40)52(44)45/h1-33H. The highest BCUT2D eigenvalue weighted by Crippen LogP contribution is 2.65. The van der Waals surface area contributed by atoms with E-state index in [1.807, 2.05) is 0 Å². The number of anilines is 4. The van der Waals surface area contributed by atoms with E-state index >= 15 is 0 Å². The van der Waals surface area contributed by atoms with Gasteiger partial charge in [-0.1, -0.05) is 140 Å². The zero-order chi connectivity index (χ0) is 36.7. The molecule has 10 aromatic rings. The minimum Gasteiger partial charge on any atom is -0.456 e. The molecule has 1 aromatic heterocycles. The summed E-state index contributed by atoms with van der Waals surface area (Å²) in [7, 11) is -0.973. The van der Waals surface area contributed by atoms with Crippen molar-refractivity contribution in [2.24, 2.45) is 0 Å². The van der Waals surface area contributed by atoms with E-state index in [2.05, 4.69) is 210 Å². The molecule has 56 heavy (non-hydrogen) atoms. The number of para-hydroxylation sites is 2. The summed E-state index contributed by atoms with van der Waals surface area (Å²) in [4.78, 5) is 0. The Hall–Kier alpha value is -6.93. The van der Waals surface area contributed by atoms with Gasteiger partial charge < -0.3 is 4.42 Å². The Morgan fingerprint density at radius 1 is 0.339 bits per heavy atom. The van der Waals surface area contributed by atoms with Crippen molar-refractivity contribution >= 4 is 69.0 Å². The average molecular weight is 733 g/mol. The number of furan rings is 1. The number of benzene rings is 9. The maximum atomic E-state index is 6.47. The average Bonchev–Trinajstić information content (AvgIpc) is 3.93. The van der Waals surface area contributed by atoms with Crippen molar-refractivity contribution in [2.75, 3.05) is 9.34 Å². The van der Waals surface area contributed by atoms with Crippen LogP contribution in [-0.4, -0.2) is 0 Å². The van der Waals surface area contributed by atoms with Crippen LogP contribution in [0, 0.1) is 0 Å². The Kier molecular flexibility index (Phi) is 6.90. The van der Waals surface area contributed by atoms with Crippen LogP contribution in [0.3, 0.4) is 0 Å². The number of rotatable bonds is 5. The molecule has 1 aliphatic heterocycles. The molecule has 2 heterocycles. The summed E-state index contributed by atoms with van der Waals surface area (Å²) < 4.78 is 11.6. The molecule has 3 nitrogen and oxygen atoms in total. The molecule has 2 aliphatic rings. The first-order chi connectivity index (χ1) is 27.8. The largest absolute Gasteiger partial charge is 0.456 e. The maximum Gasteiger partial charge on any atom is 0.138 e. The smallest absolute Gasteiger partial charge is 0.138 e. The SMILES string of the molecule is c1ccc(N2c3ccc(-c4ccc5oc6ccc(-c7ccc8c9c(cccc79)-c7ccccc7-8)cc6c5c4)cc3N(c3ccccc3)P2c2ccccc2)cc1. The van der Waals surface area contributed by atoms with Crippen molar-refractivity contribution in [2.45, 2.75) is 0 Å². The van der Waals surface area contributed by atoms with Crippen LogP contribution in [0.2, 0.25) is 0 Å². The van der Waals surface area contributed by atoms with Gasteiger partial charge in [0.1, 0.15) is 19.4 Å². The molecule has 0 saturated carbocycles. The lowest BCUT2D eigenvalue weighted by atomic mass is 9.93. The van der Waals surface area contributed by atoms with Gasteiger partial charge in [0.15, 0.2) is 0 Å². The summed E-state index contributed by atoms with van der Waals surface area (Å²) in [6.07, 6.45) is 0. The zero-order valence-electron chi connectivity index (χ0n) is 30.3. The van der Waals surface area contributed by atoms with Gasteiger partial charge in [0.2, 0.25) is 0 Å². The van der Waals surface area contributed by atoms with E-state index in [-0.39, 0.29) is 0 Å². The number of hydrogen-bond donors (Lipinski definition) is 0. The summed E-state index contributed by atoms with van der Waals surface area (Å²) in [6.45, 7) is 0. The van der Waals surface area contributed by atoms with Crippen molar-refractivity contribution in [3.63, 3.8) is 0 Å². The fraction of sp³-hybridized carbons (Fsp3) is 0. The van der Waals surface area contributed by atoms with Gasteiger partial charge in [0.05, 0.1) is 11.4 Å². The molecule has 0 N–H and O–H groups in total. The fourth-order valence-electron chi connectivity index (χ4n) is 8.96. The quantitative estimate of drug-likeness (QED) is 0.164. The predicted octanol–water partition coefficient (Wildman–Crippen LogP) is 14.6. The highest BCUT2D eigenvalue weighted by Gasteiger charge is 2.40. The Balaban J connectivity index is 1.00. The molecule has 0 spiro atoms. The third-order valence-electron chi connectivity index (χ3n) is 11.5. The van der Waals surface area contributed by atoms with Gasteiger partial charge in [-0.05, 0) is 116 Å². The highest BCUT2D eigenvalue weighted by atomic mass is 31.1. The molecule has 0 fully saturated rings. The molecule has 12 rings (SSSR count). The number of fused-ring (bicyclic) bond motifs is 7. The molecular weight excluding hydrogens is 700 g/mol. The molecule has 1 atom stereocenters. The van der Waals surface area contributed by atoms with Gasteiger partial charge in [0.25, 0.3) is 0 Å². The minimum atomic E-state index is -0.973. The maximum absolute atomic E-state index is 6.47. The Bertz CT molecular complexity index is 3130. The summed E-state index contributed by atoms with van der Waals surface area (Å²) in [5.74, 6) is 0. The predicted molar refractivity (Wildman–Crippen MR) is 237 cm³/mol. The summed E-state index contributed by atoms with van der Waals surface area (Å²) >= 11 is 0. The van der Waals surface area contributed by atoms with Gasteiger partial charge in [-0.3, -0.25) is 9.34 Å². The van der Waals surface area contributed by atoms with E-state index in [1.54, 1.807) is 0 Å². The van der Waals surface area contributed by atoms with Gasteiger partial charge in [-0.2, -0.15) is 0 Å². The van der Waals surface area contributed by atoms with Crippen LogP contribution in [0.1, 0.15) is 0 Å². The van der Waals surface area contributed by atoms with E-state index in [0.717, 1.165) is 27.5 Å². The van der Waals surface area contributed by atoms with Crippen LogP contribution in [0.5, 0.6) is 0 Å². The van der Waals surface area contributed by atoms with E-state index in [9.17, 15) is 0 Å². The van der Waals surface area contributed by atoms with Crippen molar-refractivity contribution in [1.82, 2.24) is 0 Å². The highest BCUT2D eigenvalue weighted by molar-refractivity contribution is 7.70. The molecule has 262 valence electrons. The normalized spacial score (nSPS) is 14.2. The van der Waals surface area contributed by atoms with E-state index in [1.165, 1.54) is 77.8 Å². The van der Waals surface area contributed by atoms with Crippen molar-refractivity contribution in [1.29, 1.82) is 0 Å². The second kappa shape index (κ2) is 12.3. The lowest BCUT2D eigenvalue weighted by molar-refractivity contribution is 0.669. The molecule has 9 aromatic carbocycles. The third-order valence-corrected chi connectivity index (χ3v) is 13.9. The third kappa shape index (κ3) is 4.68. The van der Waals surface area contributed by atoms with Crippen LogP contribution in [0.4, 0.5) is 22.7 Å². The van der Waals surface area contributed by atoms with Crippen LogP contribution in [0.25, 0.3) is 77.2 Å². The topological polar surface area (TPSA) is 19.6 Å². The van der Waals surface area contributed by atoms with Crippen LogP contribution in [0.15, 0.2) is 205 Å². The second-order valence-electron chi connectivity index (χ2n) is 14.6. The summed E-state index contributed by atoms with van der Waals surface area (Å²) in [6, 6.07) is 72.9. The molecule has 0 saturated heterocycles. The molecule has 0 amide bonds. The van der Waals surface area contributed by atoms with Crippen molar-refractivity contribution in [3.8, 4) is 44.5 Å². The number of nitrogens with zero attached hydrogens (tertiary/aromatic N) is 2. The van der Waals surface area contributed by atoms with E-state index in [0.29, 0.717) is 0 Å². The molecule has 1 unspecified atom stereocenters. The van der Waals surface area contributed by atoms with Crippen molar-refractivity contribution < 1.29 is 4.42 Å². The first kappa shape index (κ1) is 31.4. The van der Waals surface area contributed by atoms with Crippen LogP contribution in [-0.2, 0) is 0 Å². The lowest BCUT2D eigenvalue weighted by Crippen LogP contribution is -2.21. The van der Waals surface area contributed by atoms with E-state index < -0.39 is 8.22 Å². The van der Waals surface area contributed by atoms with E-state index in [4.69, 9.17) is 4.42 Å². The first-order valence-electron chi connectivity index (χ1n) is 19.1. The Labute approximate surface area is 326 Å². The van der Waals surface area contributed by atoms with Gasteiger partial charge in [-0.15, -0.1) is 0 Å². The monoisotopic (exact) mass is 732 g/mol. The van der Waals surface area contributed by atoms with Gasteiger partial charge in [0, 0.05) is 27.5 Å². The first-order valence-corrected chi connectivity index (χ1v) is 20.4. The lowest BCUT2D eigenvalue weighted by Gasteiger charge is -2.32. The molecule has 0 bridgehead atoms. The Morgan fingerprint density at radius 2 is 0.857 bits per heavy atom. The molecular formula is C52H33N2OP. The van der Waals surface area contributed by atoms with Crippen LogP contribution < -0.4 is 14.6 Å². The minimum absolute atomic E-state index is 0.895. The molecule has 0 radical (unpaired) electrons. The van der Waals surface area contributed by atoms with Crippen LogP contribution >= 0.6 is 8.22 Å². The fourth-order valence-corrected chi connectivity index (χ4v) is 11.5. The molecule has 4 heteroatoms. The summed E-state index contributed by atoms with van der Waals surface area (Å²) in [5, 5.41) is 6.16. The summed E-state index contributed by atoms with van der Waals surface area (Å²) in [5.41, 5.74) is 16.6. The Morgan fingerprint density at radius 3 is 1.55 bits per heavy atom. The van der Waals surface area contributed by atoms with Gasteiger partial charge >= 0.3 is 0 Å². The second-order valence-corrected chi connectivity index (χ2v) is 16.5. The molecule has 1 aliphatic carbocycles. The number of hydrogen-bond acceptors (Lipinski definition) is 3. The zero-order valence-corrected chi connectivity index (χ0v) is 31.2.